The average Bonchev–Trinajstić information content (AvgIpc) is 2.85. The van der Waals surface area contributed by atoms with E-state index < -0.39 is 0 Å². The number of hydrogen-bond acceptors (Lipinski definition) is 4. The van der Waals surface area contributed by atoms with E-state index in [1.165, 1.54) is 6.42 Å². The highest BCUT2D eigenvalue weighted by Gasteiger charge is 2.20. The van der Waals surface area contributed by atoms with Crippen LogP contribution < -0.4 is 15.5 Å². The number of nitrogens with one attached hydrogen (secondary N) is 2. The van der Waals surface area contributed by atoms with Gasteiger partial charge >= 0.3 is 6.03 Å². The van der Waals surface area contributed by atoms with Crippen LogP contribution in [0.3, 0.4) is 0 Å². The minimum atomic E-state index is -0.289. The number of anilines is 3. The number of amides is 2. The van der Waals surface area contributed by atoms with Crippen LogP contribution in [-0.2, 0) is 0 Å². The summed E-state index contributed by atoms with van der Waals surface area (Å²) in [5, 5.41) is 9.95. The Labute approximate surface area is 129 Å². The minimum absolute atomic E-state index is 0.289. The molecule has 7 nitrogen and oxygen atoms in total. The Kier molecular flexibility index (Phi) is 3.95. The van der Waals surface area contributed by atoms with Gasteiger partial charge in [-0.15, -0.1) is 0 Å². The number of aromatic nitrogens is 3. The fourth-order valence-electron chi connectivity index (χ4n) is 2.39. The van der Waals surface area contributed by atoms with E-state index in [4.69, 9.17) is 0 Å². The molecule has 0 aliphatic heterocycles. The summed E-state index contributed by atoms with van der Waals surface area (Å²) in [6.45, 7) is 0. The molecule has 1 aliphatic carbocycles. The largest absolute Gasteiger partial charge is 0.375 e. The predicted octanol–water partition coefficient (Wildman–Crippen LogP) is 2.71. The Morgan fingerprint density at radius 1 is 1.32 bits per heavy atom. The van der Waals surface area contributed by atoms with Gasteiger partial charge in [-0.25, -0.2) is 4.79 Å². The lowest BCUT2D eigenvalue weighted by atomic mass is 9.93. The van der Waals surface area contributed by atoms with Crippen molar-refractivity contribution in [1.82, 2.24) is 14.8 Å². The van der Waals surface area contributed by atoms with Gasteiger partial charge in [-0.05, 0) is 25.3 Å². The first-order valence-electron chi connectivity index (χ1n) is 7.37. The zero-order chi connectivity index (χ0) is 15.5. The van der Waals surface area contributed by atoms with Crippen molar-refractivity contribution in [3.8, 4) is 0 Å². The van der Waals surface area contributed by atoms with Crippen LogP contribution >= 0.6 is 0 Å². The van der Waals surface area contributed by atoms with E-state index in [0.717, 1.165) is 18.5 Å². The van der Waals surface area contributed by atoms with Crippen molar-refractivity contribution in [3.05, 3.63) is 30.9 Å². The third kappa shape index (κ3) is 3.03. The van der Waals surface area contributed by atoms with Crippen molar-refractivity contribution in [2.45, 2.75) is 25.3 Å². The van der Waals surface area contributed by atoms with Crippen LogP contribution in [0.5, 0.6) is 0 Å². The summed E-state index contributed by atoms with van der Waals surface area (Å²) in [5.41, 5.74) is 2.26. The van der Waals surface area contributed by atoms with Crippen molar-refractivity contribution in [2.24, 2.45) is 0 Å². The van der Waals surface area contributed by atoms with Gasteiger partial charge in [0.25, 0.3) is 0 Å². The molecule has 0 aromatic carbocycles. The van der Waals surface area contributed by atoms with Crippen molar-refractivity contribution in [1.29, 1.82) is 0 Å². The van der Waals surface area contributed by atoms with Gasteiger partial charge < -0.3 is 15.5 Å². The maximum absolute atomic E-state index is 12.1. The fraction of sp³-hybridized carbons (Fsp3) is 0.400. The summed E-state index contributed by atoms with van der Waals surface area (Å²) in [4.78, 5) is 18.1. The first-order chi connectivity index (χ1) is 10.6. The highest BCUT2D eigenvalue weighted by atomic mass is 16.2. The van der Waals surface area contributed by atoms with Crippen LogP contribution in [0.25, 0.3) is 0 Å². The molecule has 3 rings (SSSR count). The first kappa shape index (κ1) is 14.4. The highest BCUT2D eigenvalue weighted by molar-refractivity contribution is 6.01. The monoisotopic (exact) mass is 300 g/mol. The Morgan fingerprint density at radius 2 is 2.14 bits per heavy atom. The molecule has 2 N–H and O–H groups in total. The Morgan fingerprint density at radius 3 is 2.82 bits per heavy atom. The summed E-state index contributed by atoms with van der Waals surface area (Å²) < 4.78 is 1.93. The van der Waals surface area contributed by atoms with E-state index >= 15 is 0 Å². The van der Waals surface area contributed by atoms with Crippen LogP contribution in [0.2, 0.25) is 0 Å². The number of rotatable bonds is 4. The van der Waals surface area contributed by atoms with E-state index in [0.29, 0.717) is 17.4 Å². The van der Waals surface area contributed by atoms with Crippen LogP contribution in [0, 0.1) is 0 Å². The molecule has 0 radical (unpaired) electrons. The number of hydrogen-bond donors (Lipinski definition) is 2. The first-order valence-corrected chi connectivity index (χ1v) is 7.37. The second kappa shape index (κ2) is 6.05. The van der Waals surface area contributed by atoms with Crippen molar-refractivity contribution in [3.63, 3.8) is 0 Å². The molecule has 0 atom stereocenters. The molecule has 2 heterocycles. The van der Waals surface area contributed by atoms with Gasteiger partial charge in [0.2, 0.25) is 0 Å². The van der Waals surface area contributed by atoms with Gasteiger partial charge in [0, 0.05) is 26.5 Å². The molecule has 1 fully saturated rings. The lowest BCUT2D eigenvalue weighted by Crippen LogP contribution is -2.21. The third-order valence-electron chi connectivity index (χ3n) is 3.84. The fourth-order valence-corrected chi connectivity index (χ4v) is 2.39. The summed E-state index contributed by atoms with van der Waals surface area (Å²) in [5.74, 6) is 0. The third-order valence-corrected chi connectivity index (χ3v) is 3.84. The van der Waals surface area contributed by atoms with E-state index in [9.17, 15) is 4.79 Å². The summed E-state index contributed by atoms with van der Waals surface area (Å²) >= 11 is 0. The van der Waals surface area contributed by atoms with Gasteiger partial charge in [0.1, 0.15) is 0 Å². The number of carbonyl (C=O) groups excluding carboxylic acids is 1. The molecule has 2 aromatic heterocycles. The zero-order valence-corrected chi connectivity index (χ0v) is 12.8. The summed E-state index contributed by atoms with van der Waals surface area (Å²) in [6.07, 6.45) is 10.5. The molecule has 2 amide bonds. The normalized spacial score (nSPS) is 14.3. The summed E-state index contributed by atoms with van der Waals surface area (Å²) in [6, 6.07) is 1.97. The van der Waals surface area contributed by atoms with Crippen molar-refractivity contribution < 1.29 is 4.79 Å². The van der Waals surface area contributed by atoms with Crippen molar-refractivity contribution in [2.75, 3.05) is 29.6 Å². The van der Waals surface area contributed by atoms with Gasteiger partial charge in [-0.2, -0.15) is 5.10 Å². The molecule has 0 spiro atoms. The zero-order valence-electron chi connectivity index (χ0n) is 12.8. The average molecular weight is 300 g/mol. The molecule has 2 aromatic rings. The van der Waals surface area contributed by atoms with E-state index in [2.05, 4.69) is 20.7 Å². The molecule has 0 bridgehead atoms. The molecule has 0 saturated heterocycles. The number of nitrogens with zero attached hydrogens (tertiary/aromatic N) is 4. The van der Waals surface area contributed by atoms with Gasteiger partial charge in [-0.1, -0.05) is 0 Å². The van der Waals surface area contributed by atoms with E-state index in [-0.39, 0.29) is 6.03 Å². The molecule has 0 unspecified atom stereocenters. The van der Waals surface area contributed by atoms with Crippen LogP contribution in [0.4, 0.5) is 21.9 Å². The molecule has 1 aliphatic rings. The second-order valence-electron chi connectivity index (χ2n) is 5.66. The SMILES string of the molecule is CN(C)c1cnccc1NC(=O)Nc1cnn(C2CCC2)c1. The Hall–Kier alpha value is -2.57. The lowest BCUT2D eigenvalue weighted by Gasteiger charge is -2.25. The highest BCUT2D eigenvalue weighted by Crippen LogP contribution is 2.31. The van der Waals surface area contributed by atoms with E-state index in [1.807, 2.05) is 29.9 Å². The van der Waals surface area contributed by atoms with Gasteiger partial charge in [0.05, 0.1) is 35.5 Å². The number of pyridine rings is 1. The quantitative estimate of drug-likeness (QED) is 0.910. The predicted molar refractivity (Wildman–Crippen MR) is 86.3 cm³/mol. The van der Waals surface area contributed by atoms with Crippen LogP contribution in [0.1, 0.15) is 25.3 Å². The molecular formula is C15H20N6O. The number of urea groups is 1. The summed E-state index contributed by atoms with van der Waals surface area (Å²) in [7, 11) is 3.81. The molecule has 7 heteroatoms. The topological polar surface area (TPSA) is 75.1 Å². The standard InChI is InChI=1S/C15H20N6O/c1-20(2)14-9-16-7-6-13(14)19-15(22)18-11-8-17-21(10-11)12-4-3-5-12/h6-10,12H,3-5H2,1-2H3,(H2,16,18,19,22). The van der Waals surface area contributed by atoms with Gasteiger partial charge in [0.15, 0.2) is 0 Å². The molecule has 116 valence electrons. The Bertz CT molecular complexity index is 662. The van der Waals surface area contributed by atoms with Crippen LogP contribution in [0.15, 0.2) is 30.9 Å². The van der Waals surface area contributed by atoms with E-state index in [1.54, 1.807) is 24.7 Å². The van der Waals surface area contributed by atoms with Crippen LogP contribution in [-0.4, -0.2) is 34.9 Å². The Balaban J connectivity index is 1.64. The van der Waals surface area contributed by atoms with Gasteiger partial charge in [-0.3, -0.25) is 9.67 Å². The minimum Gasteiger partial charge on any atom is -0.375 e. The smallest absolute Gasteiger partial charge is 0.323 e. The maximum atomic E-state index is 12.1. The maximum Gasteiger partial charge on any atom is 0.323 e. The number of carbonyl (C=O) groups is 1. The molecule has 22 heavy (non-hydrogen) atoms. The molecule has 1 saturated carbocycles. The molecular weight excluding hydrogens is 280 g/mol. The van der Waals surface area contributed by atoms with Crippen molar-refractivity contribution >= 4 is 23.1 Å². The second-order valence-corrected chi connectivity index (χ2v) is 5.66. The lowest BCUT2D eigenvalue weighted by molar-refractivity contribution is 0.262.